The summed E-state index contributed by atoms with van der Waals surface area (Å²) in [6.45, 7) is 0. The lowest BCUT2D eigenvalue weighted by atomic mass is 10.0. The topological polar surface area (TPSA) is 40.5 Å². The average molecular weight is 128 g/mol. The van der Waals surface area contributed by atoms with E-state index in [0.29, 0.717) is 0 Å². The number of fused-ring (bicyclic) bond motifs is 1. The lowest BCUT2D eigenvalue weighted by Crippen LogP contribution is -2.17. The number of rotatable bonds is 1. The highest BCUT2D eigenvalue weighted by Crippen LogP contribution is 2.54. The van der Waals surface area contributed by atoms with Crippen molar-refractivity contribution in [3.8, 4) is 0 Å². The van der Waals surface area contributed by atoms with E-state index >= 15 is 0 Å². The average Bonchev–Trinajstić information content (AvgIpc) is 2.40. The van der Waals surface area contributed by atoms with Gasteiger partial charge in [-0.1, -0.05) is 0 Å². The van der Waals surface area contributed by atoms with E-state index in [9.17, 15) is 0 Å². The molecule has 9 heavy (non-hydrogen) atoms. The molecule has 2 fully saturated rings. The van der Waals surface area contributed by atoms with Crippen molar-refractivity contribution in [2.24, 2.45) is 17.8 Å². The Bertz CT molecular complexity index is 112. The third-order valence-corrected chi connectivity index (χ3v) is 2.70. The fraction of sp³-hybridized carbons (Fsp3) is 1.00. The summed E-state index contributed by atoms with van der Waals surface area (Å²) in [5.74, 6) is 1.92. The number of hydrogen-bond donors (Lipinski definition) is 2. The maximum Gasteiger partial charge on any atom is 0.154 e. The molecule has 0 aromatic heterocycles. The smallest absolute Gasteiger partial charge is 0.154 e. The zero-order chi connectivity index (χ0) is 6.43. The molecule has 2 aliphatic rings. The largest absolute Gasteiger partial charge is 0.368 e. The number of hydrogen-bond acceptors (Lipinski definition) is 2. The fourth-order valence-electron chi connectivity index (χ4n) is 2.01. The minimum absolute atomic E-state index is 0.203. The molecule has 2 heteroatoms. The van der Waals surface area contributed by atoms with Crippen molar-refractivity contribution in [2.45, 2.75) is 25.6 Å². The van der Waals surface area contributed by atoms with E-state index in [1.807, 2.05) is 0 Å². The number of aliphatic hydroxyl groups is 2. The highest BCUT2D eigenvalue weighted by Gasteiger charge is 2.47. The van der Waals surface area contributed by atoms with Crippen molar-refractivity contribution in [3.05, 3.63) is 0 Å². The maximum atomic E-state index is 8.75. The van der Waals surface area contributed by atoms with Gasteiger partial charge < -0.3 is 10.2 Å². The summed E-state index contributed by atoms with van der Waals surface area (Å²) in [4.78, 5) is 0. The van der Waals surface area contributed by atoms with Crippen molar-refractivity contribution in [1.29, 1.82) is 0 Å². The molecule has 52 valence electrons. The molecule has 0 radical (unpaired) electrons. The van der Waals surface area contributed by atoms with Gasteiger partial charge in [-0.2, -0.15) is 0 Å². The number of aliphatic hydroxyl groups excluding tert-OH is 1. The Morgan fingerprint density at radius 1 is 1.00 bits per heavy atom. The van der Waals surface area contributed by atoms with Crippen molar-refractivity contribution >= 4 is 0 Å². The molecule has 2 nitrogen and oxygen atoms in total. The SMILES string of the molecule is OC(O)C1CC2CC2C1. The first-order valence-corrected chi connectivity index (χ1v) is 3.63. The van der Waals surface area contributed by atoms with Crippen LogP contribution in [-0.2, 0) is 0 Å². The highest BCUT2D eigenvalue weighted by molar-refractivity contribution is 4.96. The van der Waals surface area contributed by atoms with Crippen LogP contribution in [0.1, 0.15) is 19.3 Å². The van der Waals surface area contributed by atoms with Crippen LogP contribution in [0.2, 0.25) is 0 Å². The molecule has 0 aliphatic heterocycles. The van der Waals surface area contributed by atoms with Crippen LogP contribution in [0.25, 0.3) is 0 Å². The van der Waals surface area contributed by atoms with Crippen LogP contribution in [-0.4, -0.2) is 16.5 Å². The molecule has 0 aromatic rings. The Balaban J connectivity index is 1.90. The minimum Gasteiger partial charge on any atom is -0.368 e. The van der Waals surface area contributed by atoms with Crippen molar-refractivity contribution in [1.82, 2.24) is 0 Å². The molecule has 0 bridgehead atoms. The van der Waals surface area contributed by atoms with Crippen LogP contribution in [0, 0.1) is 17.8 Å². The van der Waals surface area contributed by atoms with Gasteiger partial charge in [0.2, 0.25) is 0 Å². The van der Waals surface area contributed by atoms with Gasteiger partial charge in [0.05, 0.1) is 0 Å². The minimum atomic E-state index is -1.04. The summed E-state index contributed by atoms with van der Waals surface area (Å²) >= 11 is 0. The summed E-state index contributed by atoms with van der Waals surface area (Å²) in [5, 5.41) is 17.5. The third kappa shape index (κ3) is 0.864. The Labute approximate surface area is 54.5 Å². The summed E-state index contributed by atoms with van der Waals surface area (Å²) in [7, 11) is 0. The van der Waals surface area contributed by atoms with Gasteiger partial charge in [0.15, 0.2) is 6.29 Å². The fourth-order valence-corrected chi connectivity index (χ4v) is 2.01. The molecular weight excluding hydrogens is 116 g/mol. The van der Waals surface area contributed by atoms with Crippen molar-refractivity contribution in [3.63, 3.8) is 0 Å². The molecule has 2 saturated carbocycles. The van der Waals surface area contributed by atoms with Crippen molar-refractivity contribution in [2.75, 3.05) is 0 Å². The van der Waals surface area contributed by atoms with E-state index in [1.54, 1.807) is 0 Å². The highest BCUT2D eigenvalue weighted by atomic mass is 16.5. The molecular formula is C7H12O2. The molecule has 0 aromatic carbocycles. The molecule has 2 aliphatic carbocycles. The first-order valence-electron chi connectivity index (χ1n) is 3.63. The molecule has 2 rings (SSSR count). The van der Waals surface area contributed by atoms with E-state index in [4.69, 9.17) is 10.2 Å². The van der Waals surface area contributed by atoms with Crippen LogP contribution < -0.4 is 0 Å². The Morgan fingerprint density at radius 3 is 1.89 bits per heavy atom. The second-order valence-electron chi connectivity index (χ2n) is 3.40. The lowest BCUT2D eigenvalue weighted by Gasteiger charge is -2.12. The molecule has 2 unspecified atom stereocenters. The zero-order valence-electron chi connectivity index (χ0n) is 5.33. The Kier molecular flexibility index (Phi) is 1.08. The molecule has 0 heterocycles. The van der Waals surface area contributed by atoms with Gasteiger partial charge in [-0.05, 0) is 31.1 Å². The van der Waals surface area contributed by atoms with Gasteiger partial charge in [-0.3, -0.25) is 0 Å². The molecule has 2 N–H and O–H groups in total. The van der Waals surface area contributed by atoms with Gasteiger partial charge >= 0.3 is 0 Å². The van der Waals surface area contributed by atoms with Gasteiger partial charge in [0, 0.05) is 5.92 Å². The van der Waals surface area contributed by atoms with E-state index in [-0.39, 0.29) is 5.92 Å². The summed E-state index contributed by atoms with van der Waals surface area (Å²) in [6.07, 6.45) is 2.42. The van der Waals surface area contributed by atoms with Gasteiger partial charge in [0.25, 0.3) is 0 Å². The van der Waals surface area contributed by atoms with Crippen LogP contribution in [0.3, 0.4) is 0 Å². The summed E-state index contributed by atoms with van der Waals surface area (Å²) < 4.78 is 0. The monoisotopic (exact) mass is 128 g/mol. The maximum absolute atomic E-state index is 8.75. The van der Waals surface area contributed by atoms with E-state index in [1.165, 1.54) is 6.42 Å². The molecule has 2 atom stereocenters. The van der Waals surface area contributed by atoms with Gasteiger partial charge in [-0.25, -0.2) is 0 Å². The predicted octanol–water partition coefficient (Wildman–Crippen LogP) is 0.343. The van der Waals surface area contributed by atoms with Crippen LogP contribution in [0.4, 0.5) is 0 Å². The van der Waals surface area contributed by atoms with E-state index < -0.39 is 6.29 Å². The summed E-state index contributed by atoms with van der Waals surface area (Å²) in [5.41, 5.74) is 0. The van der Waals surface area contributed by atoms with E-state index in [0.717, 1.165) is 24.7 Å². The van der Waals surface area contributed by atoms with E-state index in [2.05, 4.69) is 0 Å². The lowest BCUT2D eigenvalue weighted by molar-refractivity contribution is -0.0845. The second-order valence-corrected chi connectivity index (χ2v) is 3.40. The van der Waals surface area contributed by atoms with Crippen molar-refractivity contribution < 1.29 is 10.2 Å². The quantitative estimate of drug-likeness (QED) is 0.500. The van der Waals surface area contributed by atoms with Crippen LogP contribution in [0.15, 0.2) is 0 Å². The van der Waals surface area contributed by atoms with Gasteiger partial charge in [0.1, 0.15) is 0 Å². The first-order chi connectivity index (χ1) is 4.27. The Hall–Kier alpha value is -0.0800. The van der Waals surface area contributed by atoms with Crippen LogP contribution in [0.5, 0.6) is 0 Å². The third-order valence-electron chi connectivity index (χ3n) is 2.70. The normalized spacial score (nSPS) is 47.7. The van der Waals surface area contributed by atoms with Gasteiger partial charge in [-0.15, -0.1) is 0 Å². The predicted molar refractivity (Wildman–Crippen MR) is 32.5 cm³/mol. The molecule has 0 spiro atoms. The molecule has 0 saturated heterocycles. The first kappa shape index (κ1) is 5.69. The second kappa shape index (κ2) is 1.70. The Morgan fingerprint density at radius 2 is 1.56 bits per heavy atom. The summed E-state index contributed by atoms with van der Waals surface area (Å²) in [6, 6.07) is 0. The van der Waals surface area contributed by atoms with Crippen LogP contribution >= 0.6 is 0 Å². The zero-order valence-corrected chi connectivity index (χ0v) is 5.33. The molecule has 0 amide bonds. The standard InChI is InChI=1S/C7H12O2/c8-7(9)6-2-4-1-5(4)3-6/h4-9H,1-3H2.